The highest BCUT2D eigenvalue weighted by atomic mass is 35.5. The number of anilines is 1. The molecule has 3 amide bonds. The van der Waals surface area contributed by atoms with Gasteiger partial charge >= 0.3 is 11.8 Å². The number of nitrogens with one attached hydrogen (secondary N) is 1. The van der Waals surface area contributed by atoms with Crippen LogP contribution >= 0.6 is 23.2 Å². The Labute approximate surface area is 125 Å². The van der Waals surface area contributed by atoms with Gasteiger partial charge in [0.2, 0.25) is 5.91 Å². The fourth-order valence-corrected chi connectivity index (χ4v) is 1.93. The van der Waals surface area contributed by atoms with E-state index in [1.807, 2.05) is 0 Å². The van der Waals surface area contributed by atoms with Gasteiger partial charge in [0.1, 0.15) is 0 Å². The topological polar surface area (TPSA) is 92.5 Å². The van der Waals surface area contributed by atoms with Gasteiger partial charge in [-0.15, -0.1) is 0 Å². The molecule has 1 rings (SSSR count). The molecule has 0 spiro atoms. The smallest absolute Gasteiger partial charge is 0.318 e. The minimum atomic E-state index is -1.01. The van der Waals surface area contributed by atoms with Gasteiger partial charge in [0.05, 0.1) is 15.7 Å². The number of nitrogens with zero attached hydrogens (tertiary/aromatic N) is 1. The number of imide groups is 1. The highest BCUT2D eigenvalue weighted by molar-refractivity contribution is 6.45. The summed E-state index contributed by atoms with van der Waals surface area (Å²) in [7, 11) is 0. The van der Waals surface area contributed by atoms with Crippen LogP contribution in [0.3, 0.4) is 0 Å². The second-order valence-corrected chi connectivity index (χ2v) is 4.63. The zero-order chi connectivity index (χ0) is 15.3. The Morgan fingerprint density at radius 1 is 1.25 bits per heavy atom. The first-order chi connectivity index (χ1) is 9.38. The molecule has 6 nitrogen and oxygen atoms in total. The van der Waals surface area contributed by atoms with Gasteiger partial charge in [-0.05, 0) is 12.1 Å². The van der Waals surface area contributed by atoms with Crippen molar-refractivity contribution in [1.29, 1.82) is 0 Å². The zero-order valence-corrected chi connectivity index (χ0v) is 12.2. The number of carbonyl (C=O) groups is 3. The van der Waals surface area contributed by atoms with Crippen molar-refractivity contribution in [3.63, 3.8) is 0 Å². The molecule has 0 fully saturated rings. The Balaban J connectivity index is 2.90. The first kappa shape index (κ1) is 16.4. The van der Waals surface area contributed by atoms with E-state index in [0.29, 0.717) is 0 Å². The van der Waals surface area contributed by atoms with Crippen LogP contribution in [0.15, 0.2) is 18.2 Å². The van der Waals surface area contributed by atoms with Crippen LogP contribution in [0.4, 0.5) is 5.69 Å². The van der Waals surface area contributed by atoms with E-state index in [9.17, 15) is 14.4 Å². The Morgan fingerprint density at radius 3 is 2.25 bits per heavy atom. The molecule has 108 valence electrons. The van der Waals surface area contributed by atoms with Gasteiger partial charge in [0.15, 0.2) is 0 Å². The van der Waals surface area contributed by atoms with E-state index in [0.717, 1.165) is 4.90 Å². The molecule has 0 bridgehead atoms. The number of carbonyl (C=O) groups excluding carboxylic acids is 3. The monoisotopic (exact) mass is 317 g/mol. The van der Waals surface area contributed by atoms with Crippen LogP contribution in [-0.2, 0) is 14.4 Å². The molecule has 0 radical (unpaired) electrons. The molecule has 1 aromatic rings. The highest BCUT2D eigenvalue weighted by Gasteiger charge is 2.25. The average Bonchev–Trinajstić information content (AvgIpc) is 2.39. The van der Waals surface area contributed by atoms with Crippen molar-refractivity contribution in [2.45, 2.75) is 6.92 Å². The number of hydrogen-bond donors (Lipinski definition) is 2. The van der Waals surface area contributed by atoms with Crippen molar-refractivity contribution in [1.82, 2.24) is 4.90 Å². The summed E-state index contributed by atoms with van der Waals surface area (Å²) in [6.07, 6.45) is 0. The molecule has 3 N–H and O–H groups in total. The van der Waals surface area contributed by atoms with Crippen molar-refractivity contribution in [3.8, 4) is 0 Å². The molecule has 0 aromatic heterocycles. The number of hydrogen-bond acceptors (Lipinski definition) is 4. The first-order valence-electron chi connectivity index (χ1n) is 5.66. The Morgan fingerprint density at radius 2 is 1.80 bits per heavy atom. The van der Waals surface area contributed by atoms with Crippen molar-refractivity contribution in [3.05, 3.63) is 28.2 Å². The lowest BCUT2D eigenvalue weighted by Crippen LogP contribution is -2.44. The van der Waals surface area contributed by atoms with E-state index in [2.05, 4.69) is 5.32 Å². The minimum Gasteiger partial charge on any atom is -0.329 e. The molecule has 0 saturated carbocycles. The van der Waals surface area contributed by atoms with Crippen LogP contribution in [-0.4, -0.2) is 35.7 Å². The number of rotatable bonds is 3. The number of halogens is 2. The summed E-state index contributed by atoms with van der Waals surface area (Å²) in [5, 5.41) is 2.66. The molecule has 20 heavy (non-hydrogen) atoms. The second kappa shape index (κ2) is 7.23. The standard InChI is InChI=1S/C12H13Cl2N3O3/c1-7(18)17(6-5-15)12(20)11(19)16-10-8(13)3-2-4-9(10)14/h2-4H,5-6,15H2,1H3,(H,16,19). The van der Waals surface area contributed by atoms with Gasteiger partial charge in [-0.2, -0.15) is 0 Å². The number of nitrogens with two attached hydrogens (primary N) is 1. The molecule has 1 aromatic carbocycles. The van der Waals surface area contributed by atoms with Gasteiger partial charge in [0, 0.05) is 20.0 Å². The third-order valence-electron chi connectivity index (χ3n) is 2.37. The third kappa shape index (κ3) is 3.93. The van der Waals surface area contributed by atoms with Crippen molar-refractivity contribution in [2.75, 3.05) is 18.4 Å². The molecule has 8 heteroatoms. The molecular weight excluding hydrogens is 305 g/mol. The summed E-state index contributed by atoms with van der Waals surface area (Å²) >= 11 is 11.7. The SMILES string of the molecule is CC(=O)N(CCN)C(=O)C(=O)Nc1c(Cl)cccc1Cl. The van der Waals surface area contributed by atoms with Crippen LogP contribution in [0.25, 0.3) is 0 Å². The minimum absolute atomic E-state index is 0.0438. The number of para-hydroxylation sites is 1. The first-order valence-corrected chi connectivity index (χ1v) is 6.41. The molecule has 0 atom stereocenters. The second-order valence-electron chi connectivity index (χ2n) is 3.82. The van der Waals surface area contributed by atoms with Crippen LogP contribution < -0.4 is 11.1 Å². The predicted molar refractivity (Wildman–Crippen MR) is 76.5 cm³/mol. The summed E-state index contributed by atoms with van der Waals surface area (Å²) in [4.78, 5) is 35.7. The molecule has 0 unspecified atom stereocenters. The number of amides is 3. The van der Waals surface area contributed by atoms with Crippen LogP contribution in [0, 0.1) is 0 Å². The summed E-state index contributed by atoms with van der Waals surface area (Å²) in [6, 6.07) is 4.62. The average molecular weight is 318 g/mol. The number of benzene rings is 1. The van der Waals surface area contributed by atoms with Crippen molar-refractivity contribution in [2.24, 2.45) is 5.73 Å². The lowest BCUT2D eigenvalue weighted by Gasteiger charge is -2.17. The van der Waals surface area contributed by atoms with Crippen molar-refractivity contribution < 1.29 is 14.4 Å². The molecule has 0 aliphatic heterocycles. The maximum atomic E-state index is 11.9. The maximum absolute atomic E-state index is 11.9. The van der Waals surface area contributed by atoms with E-state index in [1.54, 1.807) is 6.07 Å². The largest absolute Gasteiger partial charge is 0.329 e. The van der Waals surface area contributed by atoms with Crippen LogP contribution in [0.2, 0.25) is 10.0 Å². The third-order valence-corrected chi connectivity index (χ3v) is 3.00. The van der Waals surface area contributed by atoms with Crippen LogP contribution in [0.1, 0.15) is 6.92 Å². The quantitative estimate of drug-likeness (QED) is 0.821. The van der Waals surface area contributed by atoms with Gasteiger partial charge in [-0.25, -0.2) is 0 Å². The Bertz CT molecular complexity index is 528. The fraction of sp³-hybridized carbons (Fsp3) is 0.250. The van der Waals surface area contributed by atoms with E-state index >= 15 is 0 Å². The van der Waals surface area contributed by atoms with Crippen molar-refractivity contribution >= 4 is 46.6 Å². The molecule has 0 aliphatic rings. The lowest BCUT2D eigenvalue weighted by molar-refractivity contribution is -0.149. The normalized spacial score (nSPS) is 10.0. The van der Waals surface area contributed by atoms with Gasteiger partial charge in [-0.3, -0.25) is 19.3 Å². The summed E-state index contributed by atoms with van der Waals surface area (Å²) in [6.45, 7) is 1.19. The highest BCUT2D eigenvalue weighted by Crippen LogP contribution is 2.29. The Hall–Kier alpha value is -1.63. The fourth-order valence-electron chi connectivity index (χ4n) is 1.44. The van der Waals surface area contributed by atoms with Gasteiger partial charge < -0.3 is 11.1 Å². The summed E-state index contributed by atoms with van der Waals surface area (Å²) in [5.74, 6) is -2.59. The Kier molecular flexibility index (Phi) is 5.94. The lowest BCUT2D eigenvalue weighted by atomic mass is 10.3. The zero-order valence-electron chi connectivity index (χ0n) is 10.7. The summed E-state index contributed by atoms with van der Waals surface area (Å²) < 4.78 is 0. The van der Waals surface area contributed by atoms with E-state index in [-0.39, 0.29) is 28.8 Å². The van der Waals surface area contributed by atoms with Gasteiger partial charge in [0.25, 0.3) is 0 Å². The maximum Gasteiger partial charge on any atom is 0.318 e. The summed E-state index contributed by atoms with van der Waals surface area (Å²) in [5.41, 5.74) is 5.40. The molecule has 0 heterocycles. The predicted octanol–water partition coefficient (Wildman–Crippen LogP) is 1.27. The van der Waals surface area contributed by atoms with Crippen LogP contribution in [0.5, 0.6) is 0 Å². The van der Waals surface area contributed by atoms with E-state index < -0.39 is 17.7 Å². The van der Waals surface area contributed by atoms with E-state index in [4.69, 9.17) is 28.9 Å². The molecular formula is C12H13Cl2N3O3. The van der Waals surface area contributed by atoms with Gasteiger partial charge in [-0.1, -0.05) is 29.3 Å². The molecule has 0 saturated heterocycles. The molecule has 0 aliphatic carbocycles. The van der Waals surface area contributed by atoms with E-state index in [1.165, 1.54) is 19.1 Å².